The summed E-state index contributed by atoms with van der Waals surface area (Å²) in [6, 6.07) is 2.44. The highest BCUT2D eigenvalue weighted by atomic mass is 35.5. The molecule has 18 heavy (non-hydrogen) atoms. The topological polar surface area (TPSA) is 12.5 Å². The van der Waals surface area contributed by atoms with Gasteiger partial charge in [0.1, 0.15) is 17.3 Å². The minimum Gasteiger partial charge on any atom is -0.383 e. The second kappa shape index (κ2) is 6.90. The number of rotatable bonds is 6. The fourth-order valence-electron chi connectivity index (χ4n) is 1.99. The van der Waals surface area contributed by atoms with Gasteiger partial charge in [-0.05, 0) is 31.5 Å². The molecule has 0 aliphatic heterocycles. The number of nitrogens with zero attached hydrogens (tertiary/aromatic N) is 1. The summed E-state index contributed by atoms with van der Waals surface area (Å²) in [5, 5.41) is 0. The van der Waals surface area contributed by atoms with Crippen LogP contribution < -0.4 is 4.90 Å². The van der Waals surface area contributed by atoms with Gasteiger partial charge in [-0.25, -0.2) is 8.78 Å². The second-order valence-electron chi connectivity index (χ2n) is 4.13. The summed E-state index contributed by atoms with van der Waals surface area (Å²) in [7, 11) is 1.56. The van der Waals surface area contributed by atoms with E-state index >= 15 is 0 Å². The first-order valence-corrected chi connectivity index (χ1v) is 6.38. The molecule has 1 aromatic carbocycles. The summed E-state index contributed by atoms with van der Waals surface area (Å²) < 4.78 is 32.9. The standard InChI is InChI=1S/C13H18ClF2NO/c1-4-17(9(2)8-18-3)13-11(15)5-10(7-14)6-12(13)16/h5-6,9H,4,7-8H2,1-3H3. The van der Waals surface area contributed by atoms with Crippen molar-refractivity contribution in [1.82, 2.24) is 0 Å². The minimum absolute atomic E-state index is 0.0177. The molecule has 0 fully saturated rings. The third-order valence-electron chi connectivity index (χ3n) is 2.80. The normalized spacial score (nSPS) is 12.6. The minimum atomic E-state index is -0.588. The Bertz CT molecular complexity index is 378. The van der Waals surface area contributed by atoms with Crippen LogP contribution in [-0.2, 0) is 10.6 Å². The van der Waals surface area contributed by atoms with Gasteiger partial charge < -0.3 is 9.64 Å². The van der Waals surface area contributed by atoms with Crippen LogP contribution in [0.2, 0.25) is 0 Å². The van der Waals surface area contributed by atoms with E-state index in [0.29, 0.717) is 18.7 Å². The van der Waals surface area contributed by atoms with E-state index < -0.39 is 11.6 Å². The van der Waals surface area contributed by atoms with Crippen LogP contribution in [-0.4, -0.2) is 26.3 Å². The Hall–Kier alpha value is -0.870. The highest BCUT2D eigenvalue weighted by Gasteiger charge is 2.21. The third kappa shape index (κ3) is 3.33. The maximum Gasteiger partial charge on any atom is 0.149 e. The first kappa shape index (κ1) is 15.2. The van der Waals surface area contributed by atoms with E-state index in [2.05, 4.69) is 0 Å². The summed E-state index contributed by atoms with van der Waals surface area (Å²) in [4.78, 5) is 1.65. The summed E-state index contributed by atoms with van der Waals surface area (Å²) in [6.45, 7) is 4.62. The number of hydrogen-bond donors (Lipinski definition) is 0. The average Bonchev–Trinajstić information content (AvgIpc) is 2.33. The lowest BCUT2D eigenvalue weighted by Crippen LogP contribution is -2.37. The molecule has 0 aromatic heterocycles. The number of methoxy groups -OCH3 is 1. The molecule has 0 amide bonds. The molecule has 0 aliphatic rings. The van der Waals surface area contributed by atoms with Crippen molar-refractivity contribution in [2.24, 2.45) is 0 Å². The monoisotopic (exact) mass is 277 g/mol. The smallest absolute Gasteiger partial charge is 0.149 e. The van der Waals surface area contributed by atoms with Crippen LogP contribution in [0.15, 0.2) is 12.1 Å². The zero-order valence-electron chi connectivity index (χ0n) is 10.8. The third-order valence-corrected chi connectivity index (χ3v) is 3.11. The van der Waals surface area contributed by atoms with Crippen molar-refractivity contribution in [2.45, 2.75) is 25.8 Å². The molecule has 0 bridgehead atoms. The van der Waals surface area contributed by atoms with Crippen LogP contribution in [0.25, 0.3) is 0 Å². The van der Waals surface area contributed by atoms with E-state index in [-0.39, 0.29) is 17.6 Å². The van der Waals surface area contributed by atoms with Gasteiger partial charge in [0.25, 0.3) is 0 Å². The van der Waals surface area contributed by atoms with Gasteiger partial charge in [0.2, 0.25) is 0 Å². The summed E-state index contributed by atoms with van der Waals surface area (Å²) in [5.41, 5.74) is 0.418. The lowest BCUT2D eigenvalue weighted by molar-refractivity contribution is 0.181. The molecule has 1 atom stereocenters. The zero-order chi connectivity index (χ0) is 13.7. The average molecular weight is 278 g/mol. The van der Waals surface area contributed by atoms with Crippen molar-refractivity contribution in [3.05, 3.63) is 29.3 Å². The van der Waals surface area contributed by atoms with E-state index in [1.165, 1.54) is 12.1 Å². The number of halogens is 3. The van der Waals surface area contributed by atoms with Gasteiger partial charge >= 0.3 is 0 Å². The van der Waals surface area contributed by atoms with Crippen molar-refractivity contribution in [3.63, 3.8) is 0 Å². The fourth-order valence-corrected chi connectivity index (χ4v) is 2.15. The first-order valence-electron chi connectivity index (χ1n) is 5.84. The van der Waals surface area contributed by atoms with Gasteiger partial charge in [0.05, 0.1) is 6.61 Å². The Morgan fingerprint density at radius 1 is 1.33 bits per heavy atom. The maximum absolute atomic E-state index is 14.0. The van der Waals surface area contributed by atoms with Gasteiger partial charge in [-0.15, -0.1) is 11.6 Å². The molecule has 1 unspecified atom stereocenters. The molecule has 0 heterocycles. The Labute approximate surface area is 111 Å². The molecule has 0 spiro atoms. The number of anilines is 1. The Morgan fingerprint density at radius 2 is 1.89 bits per heavy atom. The Kier molecular flexibility index (Phi) is 5.82. The van der Waals surface area contributed by atoms with Crippen LogP contribution >= 0.6 is 11.6 Å². The second-order valence-corrected chi connectivity index (χ2v) is 4.40. The quantitative estimate of drug-likeness (QED) is 0.737. The maximum atomic E-state index is 14.0. The SMILES string of the molecule is CCN(c1c(F)cc(CCl)cc1F)C(C)COC. The number of alkyl halides is 1. The molecular formula is C13H18ClF2NO. The van der Waals surface area contributed by atoms with Gasteiger partial charge in [-0.2, -0.15) is 0 Å². The van der Waals surface area contributed by atoms with Gasteiger partial charge in [0.15, 0.2) is 0 Å². The van der Waals surface area contributed by atoms with Crippen LogP contribution in [0.5, 0.6) is 0 Å². The molecule has 102 valence electrons. The van der Waals surface area contributed by atoms with Gasteiger partial charge in [-0.1, -0.05) is 0 Å². The molecule has 2 nitrogen and oxygen atoms in total. The molecule has 0 aliphatic carbocycles. The van der Waals surface area contributed by atoms with E-state index in [1.807, 2.05) is 13.8 Å². The number of ether oxygens (including phenoxy) is 1. The molecular weight excluding hydrogens is 260 g/mol. The van der Waals surface area contributed by atoms with Gasteiger partial charge in [0, 0.05) is 25.6 Å². The summed E-state index contributed by atoms with van der Waals surface area (Å²) >= 11 is 5.58. The van der Waals surface area contributed by atoms with E-state index in [0.717, 1.165) is 0 Å². The van der Waals surface area contributed by atoms with Crippen LogP contribution in [0.3, 0.4) is 0 Å². The highest BCUT2D eigenvalue weighted by molar-refractivity contribution is 6.17. The largest absolute Gasteiger partial charge is 0.383 e. The fraction of sp³-hybridized carbons (Fsp3) is 0.538. The molecule has 1 rings (SSSR count). The zero-order valence-corrected chi connectivity index (χ0v) is 11.6. The molecule has 1 aromatic rings. The number of likely N-dealkylation sites (N-methyl/N-ethyl adjacent to an activating group) is 1. The lowest BCUT2D eigenvalue weighted by Gasteiger charge is -2.30. The van der Waals surface area contributed by atoms with Crippen LogP contribution in [0.1, 0.15) is 19.4 Å². The lowest BCUT2D eigenvalue weighted by atomic mass is 10.1. The van der Waals surface area contributed by atoms with E-state index in [9.17, 15) is 8.78 Å². The highest BCUT2D eigenvalue weighted by Crippen LogP contribution is 2.27. The van der Waals surface area contributed by atoms with Crippen LogP contribution in [0.4, 0.5) is 14.5 Å². The number of hydrogen-bond acceptors (Lipinski definition) is 2. The first-order chi connectivity index (χ1) is 8.54. The predicted octanol–water partition coefficient (Wildman–Crippen LogP) is 3.56. The van der Waals surface area contributed by atoms with Crippen molar-refractivity contribution in [3.8, 4) is 0 Å². The summed E-state index contributed by atoms with van der Waals surface area (Å²) in [5.74, 6) is -1.08. The number of benzene rings is 1. The molecule has 0 radical (unpaired) electrons. The molecule has 0 N–H and O–H groups in total. The van der Waals surface area contributed by atoms with Crippen molar-refractivity contribution >= 4 is 17.3 Å². The summed E-state index contributed by atoms with van der Waals surface area (Å²) in [6.07, 6.45) is 0. The van der Waals surface area contributed by atoms with Crippen LogP contribution in [0, 0.1) is 11.6 Å². The van der Waals surface area contributed by atoms with E-state index in [4.69, 9.17) is 16.3 Å². The van der Waals surface area contributed by atoms with Crippen molar-refractivity contribution in [1.29, 1.82) is 0 Å². The Balaban J connectivity index is 3.13. The molecule has 0 saturated heterocycles. The molecule has 0 saturated carbocycles. The predicted molar refractivity (Wildman–Crippen MR) is 70.3 cm³/mol. The van der Waals surface area contributed by atoms with Crippen molar-refractivity contribution in [2.75, 3.05) is 25.2 Å². The van der Waals surface area contributed by atoms with Gasteiger partial charge in [-0.3, -0.25) is 0 Å². The van der Waals surface area contributed by atoms with E-state index in [1.54, 1.807) is 12.0 Å². The van der Waals surface area contributed by atoms with Crippen molar-refractivity contribution < 1.29 is 13.5 Å². The molecule has 5 heteroatoms. The Morgan fingerprint density at radius 3 is 2.28 bits per heavy atom.